The van der Waals surface area contributed by atoms with Gasteiger partial charge < -0.3 is 14.8 Å². The number of aryl methyl sites for hydroxylation is 1. The van der Waals surface area contributed by atoms with Crippen molar-refractivity contribution in [2.45, 2.75) is 39.3 Å². The molecule has 1 aliphatic heterocycles. The average molecular weight is 521 g/mol. The summed E-state index contributed by atoms with van der Waals surface area (Å²) in [5.74, 6) is 2.26. The van der Waals surface area contributed by atoms with E-state index >= 15 is 0 Å². The van der Waals surface area contributed by atoms with Gasteiger partial charge in [-0.05, 0) is 49.6 Å². The fraction of sp³-hybridized carbons (Fsp3) is 0.233. The second-order valence-electron chi connectivity index (χ2n) is 9.18. The minimum absolute atomic E-state index is 0.139. The van der Waals surface area contributed by atoms with Crippen LogP contribution in [0.4, 0.5) is 16.7 Å². The largest absolute Gasteiger partial charge is 0.457 e. The summed E-state index contributed by atoms with van der Waals surface area (Å²) in [6.07, 6.45) is 0.237. The van der Waals surface area contributed by atoms with Crippen molar-refractivity contribution in [3.63, 3.8) is 0 Å². The van der Waals surface area contributed by atoms with Gasteiger partial charge in [-0.25, -0.2) is 9.69 Å². The third-order valence-corrected chi connectivity index (χ3v) is 6.54. The predicted octanol–water partition coefficient (Wildman–Crippen LogP) is 6.42. The Morgan fingerprint density at radius 2 is 1.79 bits per heavy atom. The van der Waals surface area contributed by atoms with E-state index in [1.165, 1.54) is 4.90 Å². The second-order valence-corrected chi connectivity index (χ2v) is 9.18. The van der Waals surface area contributed by atoms with E-state index in [1.54, 1.807) is 6.92 Å². The van der Waals surface area contributed by atoms with Crippen LogP contribution in [0.2, 0.25) is 0 Å². The Hall–Kier alpha value is -4.97. The third kappa shape index (κ3) is 5.36. The lowest BCUT2D eigenvalue weighted by atomic mass is 9.92. The number of para-hydroxylation sites is 1. The van der Waals surface area contributed by atoms with E-state index in [2.05, 4.69) is 26.3 Å². The number of hydrogen-bond donors (Lipinski definition) is 1. The van der Waals surface area contributed by atoms with Crippen molar-refractivity contribution in [3.8, 4) is 28.7 Å². The molecule has 196 valence electrons. The number of nitriles is 1. The van der Waals surface area contributed by atoms with Gasteiger partial charge in [0, 0.05) is 5.56 Å². The van der Waals surface area contributed by atoms with Crippen molar-refractivity contribution >= 4 is 18.0 Å². The lowest BCUT2D eigenvalue weighted by Crippen LogP contribution is -2.34. The Kier molecular flexibility index (Phi) is 7.37. The fourth-order valence-corrected chi connectivity index (χ4v) is 4.59. The molecule has 1 aromatic heterocycles. The van der Waals surface area contributed by atoms with Crippen LogP contribution in [0.5, 0.6) is 11.5 Å². The minimum Gasteiger partial charge on any atom is -0.457 e. The Morgan fingerprint density at radius 1 is 1.08 bits per heavy atom. The number of rotatable bonds is 8. The number of aromatic nitrogens is 3. The maximum atomic E-state index is 12.4. The molecule has 1 N–H and O–H groups in total. The van der Waals surface area contributed by atoms with Crippen molar-refractivity contribution < 1.29 is 14.3 Å². The van der Waals surface area contributed by atoms with E-state index in [0.717, 1.165) is 11.1 Å². The highest BCUT2D eigenvalue weighted by Gasteiger charge is 2.35. The summed E-state index contributed by atoms with van der Waals surface area (Å²) in [6.45, 7) is 5.95. The first-order chi connectivity index (χ1) is 19.0. The van der Waals surface area contributed by atoms with Gasteiger partial charge in [-0.15, -0.1) is 0 Å². The third-order valence-electron chi connectivity index (χ3n) is 6.54. The molecule has 0 aliphatic carbocycles. The Bertz CT molecular complexity index is 1520. The van der Waals surface area contributed by atoms with Crippen LogP contribution in [0.1, 0.15) is 43.3 Å². The molecular formula is C30H28N6O3. The van der Waals surface area contributed by atoms with Gasteiger partial charge in [-0.2, -0.15) is 20.2 Å². The number of nitrogens with one attached hydrogen (secondary N) is 1. The molecule has 9 nitrogen and oxygen atoms in total. The molecule has 2 heterocycles. The zero-order valence-electron chi connectivity index (χ0n) is 22.0. The number of cyclic esters (lactones) is 1. The van der Waals surface area contributed by atoms with E-state index in [-0.39, 0.29) is 18.0 Å². The van der Waals surface area contributed by atoms with Crippen LogP contribution in [-0.2, 0) is 4.74 Å². The molecule has 0 unspecified atom stereocenters. The molecule has 0 radical (unpaired) electrons. The topological polar surface area (TPSA) is 113 Å². The number of hydrogen-bond acceptors (Lipinski definition) is 8. The molecule has 9 heteroatoms. The molecule has 1 saturated heterocycles. The van der Waals surface area contributed by atoms with Gasteiger partial charge in [0.25, 0.3) is 0 Å². The SMILES string of the molecule is CC[C@H]1COC(=O)N1c1nc(C)nc(N[C@@H](C)c2ccc(Oc3ccccc3)c(-c3ccccc3)c2C#N)n1. The van der Waals surface area contributed by atoms with Crippen molar-refractivity contribution in [3.05, 3.63) is 89.7 Å². The summed E-state index contributed by atoms with van der Waals surface area (Å²) in [4.78, 5) is 27.2. The van der Waals surface area contributed by atoms with Crippen molar-refractivity contribution in [1.29, 1.82) is 5.26 Å². The monoisotopic (exact) mass is 520 g/mol. The van der Waals surface area contributed by atoms with Gasteiger partial charge in [-0.3, -0.25) is 0 Å². The van der Waals surface area contributed by atoms with Crippen LogP contribution >= 0.6 is 0 Å². The summed E-state index contributed by atoms with van der Waals surface area (Å²) >= 11 is 0. The quantitative estimate of drug-likeness (QED) is 0.283. The average Bonchev–Trinajstić information content (AvgIpc) is 3.33. The molecule has 5 rings (SSSR count). The highest BCUT2D eigenvalue weighted by molar-refractivity contribution is 5.88. The van der Waals surface area contributed by atoms with Gasteiger partial charge >= 0.3 is 6.09 Å². The highest BCUT2D eigenvalue weighted by Crippen LogP contribution is 2.39. The second kappa shape index (κ2) is 11.2. The summed E-state index contributed by atoms with van der Waals surface area (Å²) in [6, 6.07) is 24.8. The first-order valence-electron chi connectivity index (χ1n) is 12.8. The molecule has 1 fully saturated rings. The Balaban J connectivity index is 1.52. The molecule has 0 bridgehead atoms. The van der Waals surface area contributed by atoms with E-state index < -0.39 is 6.09 Å². The normalized spacial score (nSPS) is 15.4. The first-order valence-corrected chi connectivity index (χ1v) is 12.8. The van der Waals surface area contributed by atoms with Gasteiger partial charge in [0.15, 0.2) is 0 Å². The molecule has 39 heavy (non-hydrogen) atoms. The number of ether oxygens (including phenoxy) is 2. The Labute approximate surface area is 227 Å². The zero-order valence-corrected chi connectivity index (χ0v) is 22.0. The van der Waals surface area contributed by atoms with E-state index in [9.17, 15) is 10.1 Å². The maximum absolute atomic E-state index is 12.4. The molecule has 1 amide bonds. The maximum Gasteiger partial charge on any atom is 0.417 e. The number of amides is 1. The molecule has 0 spiro atoms. The van der Waals surface area contributed by atoms with Crippen molar-refractivity contribution in [2.24, 2.45) is 0 Å². The van der Waals surface area contributed by atoms with Gasteiger partial charge in [-0.1, -0.05) is 61.5 Å². The molecule has 0 saturated carbocycles. The zero-order chi connectivity index (χ0) is 27.4. The molecular weight excluding hydrogens is 492 g/mol. The summed E-state index contributed by atoms with van der Waals surface area (Å²) in [5.41, 5.74) is 2.80. The van der Waals surface area contributed by atoms with Crippen LogP contribution in [0.3, 0.4) is 0 Å². The molecule has 3 aromatic carbocycles. The van der Waals surface area contributed by atoms with Gasteiger partial charge in [0.2, 0.25) is 11.9 Å². The van der Waals surface area contributed by atoms with E-state index in [0.29, 0.717) is 47.4 Å². The van der Waals surface area contributed by atoms with Crippen molar-refractivity contribution in [1.82, 2.24) is 15.0 Å². The van der Waals surface area contributed by atoms with Crippen molar-refractivity contribution in [2.75, 3.05) is 16.8 Å². The predicted molar refractivity (Wildman–Crippen MR) is 148 cm³/mol. The van der Waals surface area contributed by atoms with E-state index in [1.807, 2.05) is 86.6 Å². The lowest BCUT2D eigenvalue weighted by Gasteiger charge is -2.22. The number of nitrogens with zero attached hydrogens (tertiary/aromatic N) is 5. The highest BCUT2D eigenvalue weighted by atomic mass is 16.6. The fourth-order valence-electron chi connectivity index (χ4n) is 4.59. The van der Waals surface area contributed by atoms with E-state index in [4.69, 9.17) is 9.47 Å². The standard InChI is InChI=1S/C30H28N6O3/c1-4-22-18-38-30(37)36(22)29-34-20(3)33-28(35-29)32-19(2)24-15-16-26(39-23-13-9-6-10-14-23)27(25(24)17-31)21-11-7-5-8-12-21/h5-16,19,22H,4,18H2,1-3H3,(H,32,33,34,35)/t19-,22-/m0/s1. The first kappa shape index (κ1) is 25.7. The number of benzene rings is 3. The van der Waals surface area contributed by atoms with Gasteiger partial charge in [0.05, 0.1) is 17.6 Å². The number of carbonyl (C=O) groups excluding carboxylic acids is 1. The van der Waals surface area contributed by atoms with Crippen LogP contribution in [0.25, 0.3) is 11.1 Å². The summed E-state index contributed by atoms with van der Waals surface area (Å²) < 4.78 is 11.4. The molecule has 2 atom stereocenters. The minimum atomic E-state index is -0.472. The van der Waals surface area contributed by atoms with Crippen LogP contribution in [-0.4, -0.2) is 33.7 Å². The summed E-state index contributed by atoms with van der Waals surface area (Å²) in [7, 11) is 0. The Morgan fingerprint density at radius 3 is 2.49 bits per heavy atom. The van der Waals surface area contributed by atoms with Crippen LogP contribution in [0.15, 0.2) is 72.8 Å². The summed E-state index contributed by atoms with van der Waals surface area (Å²) in [5, 5.41) is 13.7. The van der Waals surface area contributed by atoms with Gasteiger partial charge in [0.1, 0.15) is 30.0 Å². The van der Waals surface area contributed by atoms with Crippen LogP contribution in [0, 0.1) is 18.3 Å². The lowest BCUT2D eigenvalue weighted by molar-refractivity contribution is 0.178. The van der Waals surface area contributed by atoms with Crippen LogP contribution < -0.4 is 15.0 Å². The molecule has 1 aliphatic rings. The number of anilines is 2. The number of carbonyl (C=O) groups is 1. The smallest absolute Gasteiger partial charge is 0.417 e. The molecule has 4 aromatic rings.